The van der Waals surface area contributed by atoms with Gasteiger partial charge in [-0.1, -0.05) is 30.3 Å². The molecule has 2 unspecified atom stereocenters. The van der Waals surface area contributed by atoms with Crippen molar-refractivity contribution in [2.24, 2.45) is 0 Å². The van der Waals surface area contributed by atoms with Crippen LogP contribution in [0.3, 0.4) is 0 Å². The minimum absolute atomic E-state index is 0. The van der Waals surface area contributed by atoms with Crippen LogP contribution in [0.4, 0.5) is 0 Å². The number of halogens is 2. The van der Waals surface area contributed by atoms with Crippen molar-refractivity contribution in [2.45, 2.75) is 25.4 Å². The van der Waals surface area contributed by atoms with Crippen LogP contribution in [0.25, 0.3) is 11.1 Å². The first kappa shape index (κ1) is 22.8. The maximum absolute atomic E-state index is 12.2. The molecule has 1 aromatic carbocycles. The number of hydrogen-bond acceptors (Lipinski definition) is 4. The zero-order chi connectivity index (χ0) is 16.8. The largest absolute Gasteiger partial charge is 0.350 e. The molecule has 2 N–H and O–H groups in total. The van der Waals surface area contributed by atoms with E-state index in [0.717, 1.165) is 34.7 Å². The summed E-state index contributed by atoms with van der Waals surface area (Å²) in [6.45, 7) is 3.02. The Labute approximate surface area is 171 Å². The molecule has 0 saturated carbocycles. The number of hydrogen-bond donors (Lipinski definition) is 2. The van der Waals surface area contributed by atoms with Gasteiger partial charge in [0, 0.05) is 42.9 Å². The van der Waals surface area contributed by atoms with Gasteiger partial charge >= 0.3 is 0 Å². The number of rotatable bonds is 5. The molecular formula is C19H25Cl2N3OS. The normalized spacial score (nSPS) is 17.3. The Balaban J connectivity index is 0.00000169. The summed E-state index contributed by atoms with van der Waals surface area (Å²) >= 11 is 1.91. The van der Waals surface area contributed by atoms with Gasteiger partial charge in [-0.05, 0) is 29.7 Å². The van der Waals surface area contributed by atoms with Crippen LogP contribution < -0.4 is 10.6 Å². The fourth-order valence-electron chi connectivity index (χ4n) is 2.86. The standard InChI is InChI=1S/C19H23N3OS.2ClH/c1-14(22-19(23)11-18-13-24-10-9-21-18)15-4-6-16(7-5-15)17-3-2-8-20-12-17;;/h2-8,12,14,18,21H,9-11,13H2,1H3,(H,22,23);2*1H. The summed E-state index contributed by atoms with van der Waals surface area (Å²) < 4.78 is 0. The molecule has 0 aliphatic carbocycles. The van der Waals surface area contributed by atoms with Crippen molar-refractivity contribution >= 4 is 42.5 Å². The minimum atomic E-state index is 0. The predicted octanol–water partition coefficient (Wildman–Crippen LogP) is 3.86. The third-order valence-electron chi connectivity index (χ3n) is 4.21. The molecule has 1 aromatic heterocycles. The van der Waals surface area contributed by atoms with Gasteiger partial charge in [-0.15, -0.1) is 24.8 Å². The number of aromatic nitrogens is 1. The highest BCUT2D eigenvalue weighted by molar-refractivity contribution is 7.99. The first-order valence-electron chi connectivity index (χ1n) is 8.33. The molecule has 2 heterocycles. The molecule has 1 aliphatic heterocycles. The van der Waals surface area contributed by atoms with Crippen molar-refractivity contribution < 1.29 is 4.79 Å². The highest BCUT2D eigenvalue weighted by Crippen LogP contribution is 2.21. The number of nitrogens with one attached hydrogen (secondary N) is 2. The topological polar surface area (TPSA) is 54.0 Å². The summed E-state index contributed by atoms with van der Waals surface area (Å²) in [5.41, 5.74) is 3.34. The average Bonchev–Trinajstić information content (AvgIpc) is 2.63. The van der Waals surface area contributed by atoms with Crippen molar-refractivity contribution in [3.8, 4) is 11.1 Å². The molecule has 1 fully saturated rings. The Kier molecular flexibility index (Phi) is 10.0. The van der Waals surface area contributed by atoms with Crippen LogP contribution in [0.2, 0.25) is 0 Å². The number of carbonyl (C=O) groups excluding carboxylic acids is 1. The van der Waals surface area contributed by atoms with E-state index >= 15 is 0 Å². The Hall–Kier alpha value is -1.27. The second-order valence-corrected chi connectivity index (χ2v) is 7.23. The number of carbonyl (C=O) groups is 1. The van der Waals surface area contributed by atoms with E-state index in [2.05, 4.69) is 39.9 Å². The second kappa shape index (κ2) is 11.4. The van der Waals surface area contributed by atoms with Gasteiger partial charge in [0.25, 0.3) is 0 Å². The van der Waals surface area contributed by atoms with Crippen molar-refractivity contribution in [1.82, 2.24) is 15.6 Å². The third kappa shape index (κ3) is 6.47. The summed E-state index contributed by atoms with van der Waals surface area (Å²) in [5.74, 6) is 2.26. The average molecular weight is 414 g/mol. The monoisotopic (exact) mass is 413 g/mol. The van der Waals surface area contributed by atoms with E-state index in [9.17, 15) is 4.79 Å². The molecule has 2 atom stereocenters. The smallest absolute Gasteiger partial charge is 0.222 e. The SMILES string of the molecule is CC(NC(=O)CC1CSCCN1)c1ccc(-c2cccnc2)cc1.Cl.Cl. The van der Waals surface area contributed by atoms with Gasteiger partial charge in [-0.25, -0.2) is 0 Å². The molecule has 26 heavy (non-hydrogen) atoms. The van der Waals surface area contributed by atoms with E-state index in [1.54, 1.807) is 6.20 Å². The molecule has 1 amide bonds. The van der Waals surface area contributed by atoms with Crippen LogP contribution in [-0.4, -0.2) is 35.0 Å². The van der Waals surface area contributed by atoms with E-state index in [0.29, 0.717) is 12.5 Å². The zero-order valence-electron chi connectivity index (χ0n) is 14.7. The van der Waals surface area contributed by atoms with Gasteiger partial charge in [0.05, 0.1) is 6.04 Å². The number of thioether (sulfide) groups is 1. The molecule has 0 radical (unpaired) electrons. The number of pyridine rings is 1. The van der Waals surface area contributed by atoms with Gasteiger partial charge in [0.15, 0.2) is 0 Å². The van der Waals surface area contributed by atoms with Crippen LogP contribution in [0.15, 0.2) is 48.8 Å². The second-order valence-electron chi connectivity index (χ2n) is 6.08. The van der Waals surface area contributed by atoms with Gasteiger partial charge in [0.1, 0.15) is 0 Å². The van der Waals surface area contributed by atoms with E-state index in [-0.39, 0.29) is 36.8 Å². The Morgan fingerprint density at radius 2 is 2.04 bits per heavy atom. The van der Waals surface area contributed by atoms with Crippen molar-refractivity contribution in [1.29, 1.82) is 0 Å². The molecule has 3 rings (SSSR count). The van der Waals surface area contributed by atoms with Crippen molar-refractivity contribution in [3.63, 3.8) is 0 Å². The summed E-state index contributed by atoms with van der Waals surface area (Å²) in [6, 6.07) is 12.6. The lowest BCUT2D eigenvalue weighted by Crippen LogP contribution is -2.41. The summed E-state index contributed by atoms with van der Waals surface area (Å²) in [5, 5.41) is 6.50. The molecule has 4 nitrogen and oxygen atoms in total. The fraction of sp³-hybridized carbons (Fsp3) is 0.368. The number of benzene rings is 1. The Morgan fingerprint density at radius 1 is 1.27 bits per heavy atom. The first-order chi connectivity index (χ1) is 11.7. The molecule has 1 aliphatic rings. The van der Waals surface area contributed by atoms with Crippen molar-refractivity contribution in [3.05, 3.63) is 54.4 Å². The minimum Gasteiger partial charge on any atom is -0.350 e. The van der Waals surface area contributed by atoms with Gasteiger partial charge in [0.2, 0.25) is 5.91 Å². The quantitative estimate of drug-likeness (QED) is 0.780. The zero-order valence-corrected chi connectivity index (χ0v) is 17.1. The lowest BCUT2D eigenvalue weighted by atomic mass is 10.0. The van der Waals surface area contributed by atoms with Gasteiger partial charge in [-0.2, -0.15) is 11.8 Å². The molecule has 142 valence electrons. The van der Waals surface area contributed by atoms with Crippen LogP contribution in [0, 0.1) is 0 Å². The van der Waals surface area contributed by atoms with E-state index in [4.69, 9.17) is 0 Å². The van der Waals surface area contributed by atoms with E-state index < -0.39 is 0 Å². The Morgan fingerprint density at radius 3 is 2.65 bits per heavy atom. The highest BCUT2D eigenvalue weighted by atomic mass is 35.5. The lowest BCUT2D eigenvalue weighted by Gasteiger charge is -2.23. The summed E-state index contributed by atoms with van der Waals surface area (Å²) in [4.78, 5) is 16.4. The molecule has 1 saturated heterocycles. The highest BCUT2D eigenvalue weighted by Gasteiger charge is 2.18. The fourth-order valence-corrected chi connectivity index (χ4v) is 3.81. The number of amides is 1. The van der Waals surface area contributed by atoms with E-state index in [1.807, 2.05) is 37.0 Å². The van der Waals surface area contributed by atoms with Crippen LogP contribution in [0.1, 0.15) is 24.9 Å². The third-order valence-corrected chi connectivity index (χ3v) is 5.34. The molecule has 0 bridgehead atoms. The predicted molar refractivity (Wildman–Crippen MR) is 114 cm³/mol. The molecular weight excluding hydrogens is 389 g/mol. The first-order valence-corrected chi connectivity index (χ1v) is 9.48. The maximum atomic E-state index is 12.2. The molecule has 0 spiro atoms. The van der Waals surface area contributed by atoms with Crippen LogP contribution in [-0.2, 0) is 4.79 Å². The lowest BCUT2D eigenvalue weighted by molar-refractivity contribution is -0.122. The Bertz CT molecular complexity index is 664. The van der Waals surface area contributed by atoms with Crippen LogP contribution in [0.5, 0.6) is 0 Å². The summed E-state index contributed by atoms with van der Waals surface area (Å²) in [6.07, 6.45) is 4.18. The van der Waals surface area contributed by atoms with Crippen molar-refractivity contribution in [2.75, 3.05) is 18.1 Å². The maximum Gasteiger partial charge on any atom is 0.222 e. The molecule has 7 heteroatoms. The number of nitrogens with zero attached hydrogens (tertiary/aromatic N) is 1. The molecule has 2 aromatic rings. The van der Waals surface area contributed by atoms with Gasteiger partial charge < -0.3 is 10.6 Å². The van der Waals surface area contributed by atoms with E-state index in [1.165, 1.54) is 0 Å². The van der Waals surface area contributed by atoms with Crippen LogP contribution >= 0.6 is 36.6 Å². The summed E-state index contributed by atoms with van der Waals surface area (Å²) in [7, 11) is 0. The van der Waals surface area contributed by atoms with Gasteiger partial charge in [-0.3, -0.25) is 9.78 Å².